The predicted molar refractivity (Wildman–Crippen MR) is 85.1 cm³/mol. The van der Waals surface area contributed by atoms with E-state index in [1.54, 1.807) is 12.1 Å². The number of sulfonamides is 1. The van der Waals surface area contributed by atoms with E-state index < -0.39 is 10.0 Å². The maximum absolute atomic E-state index is 12.8. The molecule has 1 aliphatic heterocycles. The molecule has 1 atom stereocenters. The molecule has 1 N–H and O–H groups in total. The third-order valence-corrected chi connectivity index (χ3v) is 6.20. The number of halogens is 1. The van der Waals surface area contributed by atoms with Crippen LogP contribution >= 0.6 is 11.6 Å². The number of nitrogens with zero attached hydrogens (tertiary/aromatic N) is 2. The van der Waals surface area contributed by atoms with E-state index >= 15 is 0 Å². The highest BCUT2D eigenvalue weighted by atomic mass is 35.5. The topological polar surface area (TPSA) is 52.7 Å². The van der Waals surface area contributed by atoms with Crippen LogP contribution in [-0.2, 0) is 16.6 Å². The fraction of sp³-hybridized carbons (Fsp3) is 0.571. The first-order valence-electron chi connectivity index (χ1n) is 6.96. The van der Waals surface area contributed by atoms with Crippen molar-refractivity contribution < 1.29 is 8.42 Å². The van der Waals surface area contributed by atoms with Gasteiger partial charge in [0.25, 0.3) is 0 Å². The summed E-state index contributed by atoms with van der Waals surface area (Å²) in [6, 6.07) is 5.42. The molecule has 21 heavy (non-hydrogen) atoms. The van der Waals surface area contributed by atoms with Gasteiger partial charge >= 0.3 is 0 Å². The van der Waals surface area contributed by atoms with E-state index in [2.05, 4.69) is 10.2 Å². The third kappa shape index (κ3) is 3.57. The van der Waals surface area contributed by atoms with Crippen molar-refractivity contribution in [1.29, 1.82) is 0 Å². The van der Waals surface area contributed by atoms with Crippen LogP contribution in [0.4, 0.5) is 0 Å². The molecule has 2 rings (SSSR count). The Kier molecular flexibility index (Phi) is 5.27. The van der Waals surface area contributed by atoms with Crippen molar-refractivity contribution in [2.24, 2.45) is 0 Å². The molecule has 1 aromatic rings. The molecule has 0 saturated carbocycles. The molecule has 1 fully saturated rings. The summed E-state index contributed by atoms with van der Waals surface area (Å²) in [6.07, 6.45) is 0.847. The second-order valence-corrected chi connectivity index (χ2v) is 7.88. The fourth-order valence-corrected chi connectivity index (χ4v) is 4.57. The molecule has 1 aliphatic rings. The molecule has 1 unspecified atom stereocenters. The highest BCUT2D eigenvalue weighted by Gasteiger charge is 2.34. The summed E-state index contributed by atoms with van der Waals surface area (Å²) in [5.41, 5.74) is 0.906. The monoisotopic (exact) mass is 331 g/mol. The summed E-state index contributed by atoms with van der Waals surface area (Å²) in [7, 11) is 2.24. The minimum Gasteiger partial charge on any atom is -0.316 e. The van der Waals surface area contributed by atoms with E-state index in [0.717, 1.165) is 12.0 Å². The summed E-state index contributed by atoms with van der Waals surface area (Å²) >= 11 is 6.12. The number of benzene rings is 1. The average molecular weight is 332 g/mol. The summed E-state index contributed by atoms with van der Waals surface area (Å²) in [4.78, 5) is 2.27. The second kappa shape index (κ2) is 6.62. The van der Waals surface area contributed by atoms with Gasteiger partial charge in [-0.3, -0.25) is 0 Å². The summed E-state index contributed by atoms with van der Waals surface area (Å²) in [6.45, 7) is 1.67. The SMILES string of the molecule is CNCc1ccc(Cl)c(S(=O)(=O)N2CCC(N(C)C)C2)c1. The van der Waals surface area contributed by atoms with E-state index in [9.17, 15) is 8.42 Å². The van der Waals surface area contributed by atoms with Crippen LogP contribution in [0.2, 0.25) is 5.02 Å². The lowest BCUT2D eigenvalue weighted by atomic mass is 10.2. The van der Waals surface area contributed by atoms with Crippen LogP contribution in [0.25, 0.3) is 0 Å². The molecule has 1 saturated heterocycles. The van der Waals surface area contributed by atoms with Gasteiger partial charge in [0.15, 0.2) is 0 Å². The zero-order valence-electron chi connectivity index (χ0n) is 12.6. The molecule has 0 amide bonds. The lowest BCUT2D eigenvalue weighted by Gasteiger charge is -2.21. The zero-order chi connectivity index (χ0) is 15.6. The van der Waals surface area contributed by atoms with Crippen molar-refractivity contribution >= 4 is 21.6 Å². The molecular weight excluding hydrogens is 310 g/mol. The van der Waals surface area contributed by atoms with Crippen LogP contribution in [0.15, 0.2) is 23.1 Å². The van der Waals surface area contributed by atoms with E-state index in [1.165, 1.54) is 4.31 Å². The number of nitrogens with one attached hydrogen (secondary N) is 1. The van der Waals surface area contributed by atoms with Crippen LogP contribution in [0.1, 0.15) is 12.0 Å². The summed E-state index contributed by atoms with van der Waals surface area (Å²) in [5.74, 6) is 0. The Morgan fingerprint density at radius 3 is 2.71 bits per heavy atom. The molecule has 0 radical (unpaired) electrons. The smallest absolute Gasteiger partial charge is 0.244 e. The Labute approximate surface area is 131 Å². The van der Waals surface area contributed by atoms with Crippen molar-refractivity contribution in [1.82, 2.24) is 14.5 Å². The van der Waals surface area contributed by atoms with Gasteiger partial charge in [0.2, 0.25) is 10.0 Å². The molecule has 0 spiro atoms. The maximum atomic E-state index is 12.8. The van der Waals surface area contributed by atoms with E-state index in [0.29, 0.717) is 19.6 Å². The molecule has 1 aromatic carbocycles. The molecule has 5 nitrogen and oxygen atoms in total. The number of hydrogen-bond donors (Lipinski definition) is 1. The Morgan fingerprint density at radius 2 is 2.14 bits per heavy atom. The van der Waals surface area contributed by atoms with Gasteiger partial charge in [-0.2, -0.15) is 4.31 Å². The van der Waals surface area contributed by atoms with Crippen molar-refractivity contribution in [2.75, 3.05) is 34.2 Å². The van der Waals surface area contributed by atoms with E-state index in [-0.39, 0.29) is 16.0 Å². The van der Waals surface area contributed by atoms with Crippen LogP contribution in [0.3, 0.4) is 0 Å². The van der Waals surface area contributed by atoms with Gasteiger partial charge in [0, 0.05) is 25.7 Å². The van der Waals surface area contributed by atoms with Crippen LogP contribution < -0.4 is 5.32 Å². The lowest BCUT2D eigenvalue weighted by Crippen LogP contribution is -2.34. The molecule has 0 aromatic heterocycles. The third-order valence-electron chi connectivity index (χ3n) is 3.85. The minimum atomic E-state index is -3.53. The van der Waals surface area contributed by atoms with Crippen molar-refractivity contribution in [3.8, 4) is 0 Å². The highest BCUT2D eigenvalue weighted by Crippen LogP contribution is 2.28. The van der Waals surface area contributed by atoms with Crippen molar-refractivity contribution in [3.05, 3.63) is 28.8 Å². The molecular formula is C14H22ClN3O2S. The largest absolute Gasteiger partial charge is 0.316 e. The van der Waals surface area contributed by atoms with Crippen molar-refractivity contribution in [2.45, 2.75) is 23.9 Å². The Balaban J connectivity index is 2.30. The van der Waals surface area contributed by atoms with Gasteiger partial charge in [-0.1, -0.05) is 17.7 Å². The van der Waals surface area contributed by atoms with Crippen LogP contribution in [-0.4, -0.2) is 57.9 Å². The second-order valence-electron chi connectivity index (χ2n) is 5.56. The van der Waals surface area contributed by atoms with Crippen molar-refractivity contribution in [3.63, 3.8) is 0 Å². The van der Waals surface area contributed by atoms with Gasteiger partial charge in [0.05, 0.1) is 5.02 Å². The average Bonchev–Trinajstić information content (AvgIpc) is 2.91. The molecule has 118 valence electrons. The van der Waals surface area contributed by atoms with Gasteiger partial charge < -0.3 is 10.2 Å². The number of likely N-dealkylation sites (N-methyl/N-ethyl adjacent to an activating group) is 1. The van der Waals surface area contributed by atoms with Gasteiger partial charge in [-0.05, 0) is 45.3 Å². The van der Waals surface area contributed by atoms with Gasteiger partial charge in [0.1, 0.15) is 4.90 Å². The first kappa shape index (κ1) is 16.7. The summed E-state index contributed by atoms with van der Waals surface area (Å²) in [5, 5.41) is 3.30. The Bertz CT molecular complexity index is 604. The van der Waals surface area contributed by atoms with Crippen LogP contribution in [0, 0.1) is 0 Å². The van der Waals surface area contributed by atoms with Gasteiger partial charge in [-0.15, -0.1) is 0 Å². The first-order valence-corrected chi connectivity index (χ1v) is 8.77. The van der Waals surface area contributed by atoms with E-state index in [4.69, 9.17) is 11.6 Å². The molecule has 1 heterocycles. The molecule has 0 aliphatic carbocycles. The van der Waals surface area contributed by atoms with Gasteiger partial charge in [-0.25, -0.2) is 8.42 Å². The highest BCUT2D eigenvalue weighted by molar-refractivity contribution is 7.89. The molecule has 7 heteroatoms. The maximum Gasteiger partial charge on any atom is 0.244 e. The summed E-state index contributed by atoms with van der Waals surface area (Å²) < 4.78 is 27.1. The Morgan fingerprint density at radius 1 is 1.43 bits per heavy atom. The fourth-order valence-electron chi connectivity index (χ4n) is 2.55. The van der Waals surface area contributed by atoms with E-state index in [1.807, 2.05) is 27.2 Å². The standard InChI is InChI=1S/C14H22ClN3O2S/c1-16-9-11-4-5-13(15)14(8-11)21(19,20)18-7-6-12(10-18)17(2)3/h4-5,8,12,16H,6-7,9-10H2,1-3H3. The normalized spacial score (nSPS) is 20.3. The Hall–Kier alpha value is -0.660. The first-order chi connectivity index (χ1) is 9.86. The quantitative estimate of drug-likeness (QED) is 0.885. The zero-order valence-corrected chi connectivity index (χ0v) is 14.2. The predicted octanol–water partition coefficient (Wildman–Crippen LogP) is 1.38. The number of hydrogen-bond acceptors (Lipinski definition) is 4. The molecule has 0 bridgehead atoms. The number of rotatable bonds is 5. The lowest BCUT2D eigenvalue weighted by molar-refractivity contribution is 0.302. The van der Waals surface area contributed by atoms with Crippen LogP contribution in [0.5, 0.6) is 0 Å². The minimum absolute atomic E-state index is 0.205.